The third kappa shape index (κ3) is 2.26. The van der Waals surface area contributed by atoms with Crippen molar-refractivity contribution in [2.24, 2.45) is 0 Å². The van der Waals surface area contributed by atoms with Crippen molar-refractivity contribution in [3.05, 3.63) is 97.1 Å². The van der Waals surface area contributed by atoms with Crippen molar-refractivity contribution in [3.63, 3.8) is 0 Å². The lowest BCUT2D eigenvalue weighted by Crippen LogP contribution is -1.92. The minimum absolute atomic E-state index is 0.894. The zero-order chi connectivity index (χ0) is 23.4. The van der Waals surface area contributed by atoms with Crippen LogP contribution >= 0.6 is 11.3 Å². The predicted molar refractivity (Wildman–Crippen MR) is 149 cm³/mol. The number of benzene rings is 5. The molecule has 36 heavy (non-hydrogen) atoms. The first-order chi connectivity index (χ1) is 17.8. The molecule has 0 saturated carbocycles. The van der Waals surface area contributed by atoms with E-state index < -0.39 is 0 Å². The number of hydrogen-bond acceptors (Lipinski definition) is 4. The normalized spacial score (nSPS) is 12.4. The van der Waals surface area contributed by atoms with E-state index in [0.29, 0.717) is 0 Å². The second-order valence-electron chi connectivity index (χ2n) is 9.17. The summed E-state index contributed by atoms with van der Waals surface area (Å²) >= 11 is 1.71. The summed E-state index contributed by atoms with van der Waals surface area (Å²) in [4.78, 5) is 5.12. The van der Waals surface area contributed by atoms with Gasteiger partial charge in [-0.25, -0.2) is 4.98 Å². The van der Waals surface area contributed by atoms with Crippen LogP contribution in [0.15, 0.2) is 106 Å². The predicted octanol–water partition coefficient (Wildman–Crippen LogP) is 9.19. The molecule has 5 aromatic carbocycles. The molecular formula is C31H16N2O2S. The first kappa shape index (κ1) is 18.7. The molecule has 0 aliphatic rings. The summed E-state index contributed by atoms with van der Waals surface area (Å²) in [5.74, 6) is 0. The molecule has 9 aromatic rings. The smallest absolute Gasteiger partial charge is 0.195 e. The summed E-state index contributed by atoms with van der Waals surface area (Å²) in [5, 5.41) is 7.75. The lowest BCUT2D eigenvalue weighted by Gasteiger charge is -2.02. The van der Waals surface area contributed by atoms with E-state index in [1.54, 1.807) is 11.3 Å². The Kier molecular flexibility index (Phi) is 3.39. The molecule has 0 unspecified atom stereocenters. The van der Waals surface area contributed by atoms with Gasteiger partial charge in [-0.1, -0.05) is 65.9 Å². The number of aromatic nitrogens is 2. The van der Waals surface area contributed by atoms with Gasteiger partial charge in [0.05, 0.1) is 26.6 Å². The molecule has 4 heterocycles. The van der Waals surface area contributed by atoms with Crippen molar-refractivity contribution in [3.8, 4) is 5.13 Å². The highest BCUT2D eigenvalue weighted by Crippen LogP contribution is 2.43. The van der Waals surface area contributed by atoms with Crippen molar-refractivity contribution in [2.75, 3.05) is 0 Å². The van der Waals surface area contributed by atoms with Gasteiger partial charge < -0.3 is 8.83 Å². The SMILES string of the molecule is c1ccc2c(c1)oc1c2ccc2c1c1ccccc1n2-c1nc2ccc3oc4ccccc4c3c2s1. The standard InChI is InChI=1S/C31H16N2O2S/c1-4-10-22-19(8-1)27-23(15-13-18-17-7-2-5-11-24(17)35-29(18)27)33(22)31-32-21-14-16-26-28(30(21)36-31)20-9-3-6-12-25(20)34-26/h1-16H. The van der Waals surface area contributed by atoms with E-state index in [-0.39, 0.29) is 0 Å². The largest absolute Gasteiger partial charge is 0.456 e. The van der Waals surface area contributed by atoms with Crippen LogP contribution < -0.4 is 0 Å². The van der Waals surface area contributed by atoms with Crippen LogP contribution in [0.2, 0.25) is 0 Å². The van der Waals surface area contributed by atoms with Crippen molar-refractivity contribution in [2.45, 2.75) is 0 Å². The fourth-order valence-electron chi connectivity index (χ4n) is 5.72. The van der Waals surface area contributed by atoms with Gasteiger partial charge in [0, 0.05) is 26.9 Å². The van der Waals surface area contributed by atoms with Crippen LogP contribution in [-0.2, 0) is 0 Å². The molecule has 0 aliphatic carbocycles. The molecule has 4 nitrogen and oxygen atoms in total. The number of nitrogens with zero attached hydrogens (tertiary/aromatic N) is 2. The summed E-state index contributed by atoms with van der Waals surface area (Å²) in [6.07, 6.45) is 0. The first-order valence-electron chi connectivity index (χ1n) is 11.9. The summed E-state index contributed by atoms with van der Waals surface area (Å²) in [7, 11) is 0. The van der Waals surface area contributed by atoms with Crippen LogP contribution in [0.3, 0.4) is 0 Å². The van der Waals surface area contributed by atoms with E-state index in [1.807, 2.05) is 30.3 Å². The summed E-state index contributed by atoms with van der Waals surface area (Å²) in [6, 6.07) is 33.4. The summed E-state index contributed by atoms with van der Waals surface area (Å²) in [5.41, 5.74) is 6.82. The van der Waals surface area contributed by atoms with Gasteiger partial charge in [-0.2, -0.15) is 0 Å². The van der Waals surface area contributed by atoms with Crippen LogP contribution in [0.5, 0.6) is 0 Å². The molecule has 0 radical (unpaired) electrons. The van der Waals surface area contributed by atoms with Gasteiger partial charge in [0.15, 0.2) is 5.13 Å². The van der Waals surface area contributed by atoms with Gasteiger partial charge in [0.25, 0.3) is 0 Å². The molecule has 5 heteroatoms. The number of fused-ring (bicyclic) bond motifs is 12. The highest BCUT2D eigenvalue weighted by Gasteiger charge is 2.21. The molecule has 0 aliphatic heterocycles. The molecule has 0 spiro atoms. The monoisotopic (exact) mass is 480 g/mol. The maximum absolute atomic E-state index is 6.43. The first-order valence-corrected chi connectivity index (χ1v) is 12.7. The lowest BCUT2D eigenvalue weighted by molar-refractivity contribution is 0.669. The molecule has 0 bridgehead atoms. The number of rotatable bonds is 1. The topological polar surface area (TPSA) is 44.1 Å². The maximum Gasteiger partial charge on any atom is 0.195 e. The van der Waals surface area contributed by atoms with E-state index >= 15 is 0 Å². The van der Waals surface area contributed by atoms with Crippen molar-refractivity contribution in [1.82, 2.24) is 9.55 Å². The zero-order valence-corrected chi connectivity index (χ0v) is 19.7. The molecule has 0 atom stereocenters. The van der Waals surface area contributed by atoms with E-state index in [2.05, 4.69) is 71.3 Å². The molecular weight excluding hydrogens is 464 g/mol. The van der Waals surface area contributed by atoms with E-state index in [1.165, 1.54) is 0 Å². The van der Waals surface area contributed by atoms with E-state index in [0.717, 1.165) is 81.0 Å². The molecule has 0 amide bonds. The van der Waals surface area contributed by atoms with Gasteiger partial charge in [0.1, 0.15) is 22.3 Å². The van der Waals surface area contributed by atoms with Gasteiger partial charge in [0.2, 0.25) is 0 Å². The van der Waals surface area contributed by atoms with Gasteiger partial charge in [-0.3, -0.25) is 4.57 Å². The third-order valence-corrected chi connectivity index (χ3v) is 8.33. The molecule has 0 N–H and O–H groups in total. The fourth-order valence-corrected chi connectivity index (χ4v) is 6.86. The van der Waals surface area contributed by atoms with Crippen LogP contribution in [-0.4, -0.2) is 9.55 Å². The average Bonchev–Trinajstić information content (AvgIpc) is 3.67. The average molecular weight is 481 g/mol. The number of hydrogen-bond donors (Lipinski definition) is 0. The highest BCUT2D eigenvalue weighted by atomic mass is 32.1. The second kappa shape index (κ2) is 6.53. The zero-order valence-electron chi connectivity index (χ0n) is 18.9. The minimum atomic E-state index is 0.894. The Balaban J connectivity index is 1.43. The fraction of sp³-hybridized carbons (Fsp3) is 0. The van der Waals surface area contributed by atoms with Gasteiger partial charge in [-0.15, -0.1) is 0 Å². The maximum atomic E-state index is 6.43. The quantitative estimate of drug-likeness (QED) is 0.235. The van der Waals surface area contributed by atoms with Gasteiger partial charge in [-0.05, 0) is 42.5 Å². The molecule has 9 rings (SSSR count). The molecule has 168 valence electrons. The Labute approximate surface area is 207 Å². The summed E-state index contributed by atoms with van der Waals surface area (Å²) < 4.78 is 16.0. The minimum Gasteiger partial charge on any atom is -0.456 e. The van der Waals surface area contributed by atoms with E-state index in [9.17, 15) is 0 Å². The van der Waals surface area contributed by atoms with Crippen molar-refractivity contribution in [1.29, 1.82) is 0 Å². The van der Waals surface area contributed by atoms with E-state index in [4.69, 9.17) is 13.8 Å². The Hall–Kier alpha value is -4.61. The van der Waals surface area contributed by atoms with Crippen LogP contribution in [0.25, 0.3) is 81.0 Å². The second-order valence-corrected chi connectivity index (χ2v) is 10.1. The van der Waals surface area contributed by atoms with Crippen molar-refractivity contribution >= 4 is 87.2 Å². The Morgan fingerprint density at radius 2 is 1.31 bits per heavy atom. The molecule has 0 saturated heterocycles. The lowest BCUT2D eigenvalue weighted by atomic mass is 10.1. The molecule has 4 aromatic heterocycles. The van der Waals surface area contributed by atoms with Crippen molar-refractivity contribution < 1.29 is 8.83 Å². The van der Waals surface area contributed by atoms with Crippen LogP contribution in [0.4, 0.5) is 0 Å². The summed E-state index contributed by atoms with van der Waals surface area (Å²) in [6.45, 7) is 0. The van der Waals surface area contributed by atoms with Crippen LogP contribution in [0, 0.1) is 0 Å². The molecule has 0 fully saturated rings. The highest BCUT2D eigenvalue weighted by molar-refractivity contribution is 7.22. The van der Waals surface area contributed by atoms with Gasteiger partial charge >= 0.3 is 0 Å². The Morgan fingerprint density at radius 1 is 0.556 bits per heavy atom. The Morgan fingerprint density at radius 3 is 2.19 bits per heavy atom. The Bertz CT molecular complexity index is 2330. The third-order valence-electron chi connectivity index (χ3n) is 7.26. The number of furan rings is 2. The number of para-hydroxylation sites is 3. The van der Waals surface area contributed by atoms with Crippen LogP contribution in [0.1, 0.15) is 0 Å². The number of thiazole rings is 1.